The van der Waals surface area contributed by atoms with E-state index in [1.165, 1.54) is 22.8 Å². The van der Waals surface area contributed by atoms with Crippen molar-refractivity contribution in [1.29, 1.82) is 0 Å². The van der Waals surface area contributed by atoms with Gasteiger partial charge in [0.25, 0.3) is 11.3 Å². The third-order valence-electron chi connectivity index (χ3n) is 3.81. The Balaban J connectivity index is 2.08. The molecule has 0 atom stereocenters. The quantitative estimate of drug-likeness (QED) is 0.533. The molecule has 1 aromatic carbocycles. The molecule has 120 valence electrons. The van der Waals surface area contributed by atoms with Crippen LogP contribution in [-0.2, 0) is 0 Å². The van der Waals surface area contributed by atoms with Crippen LogP contribution in [0.25, 0.3) is 22.4 Å². The van der Waals surface area contributed by atoms with E-state index in [9.17, 15) is 9.18 Å². The summed E-state index contributed by atoms with van der Waals surface area (Å²) >= 11 is 5.82. The van der Waals surface area contributed by atoms with Gasteiger partial charge in [0.15, 0.2) is 0 Å². The molecular weight excluding hydrogens is 333 g/mol. The number of nitrogens with zero attached hydrogens (tertiary/aromatic N) is 5. The highest BCUT2D eigenvalue weighted by atomic mass is 35.5. The van der Waals surface area contributed by atoms with Gasteiger partial charge in [0.05, 0.1) is 27.3 Å². The third-order valence-corrected chi connectivity index (χ3v) is 4.09. The highest BCUT2D eigenvalue weighted by molar-refractivity contribution is 6.30. The number of aryl methyl sites for hydroxylation is 2. The van der Waals surface area contributed by atoms with Crippen LogP contribution in [0.2, 0.25) is 5.02 Å². The van der Waals surface area contributed by atoms with E-state index in [-0.39, 0.29) is 10.6 Å². The lowest BCUT2D eigenvalue weighted by Gasteiger charge is -2.09. The number of aromatic nitrogens is 5. The Kier molecular flexibility index (Phi) is 3.14. The van der Waals surface area contributed by atoms with E-state index >= 15 is 0 Å². The Morgan fingerprint density at radius 1 is 1.17 bits per heavy atom. The van der Waals surface area contributed by atoms with Gasteiger partial charge in [-0.1, -0.05) is 11.6 Å². The summed E-state index contributed by atoms with van der Waals surface area (Å²) in [5, 5.41) is 4.66. The van der Waals surface area contributed by atoms with Crippen LogP contribution in [0.4, 0.5) is 4.39 Å². The van der Waals surface area contributed by atoms with E-state index in [0.29, 0.717) is 33.9 Å². The summed E-state index contributed by atoms with van der Waals surface area (Å²) in [6.07, 6.45) is 1.60. The van der Waals surface area contributed by atoms with Crippen molar-refractivity contribution >= 4 is 28.3 Å². The fourth-order valence-electron chi connectivity index (χ4n) is 2.72. The maximum absolute atomic E-state index is 13.4. The molecule has 0 radical (unpaired) electrons. The average Bonchev–Trinajstić information content (AvgIpc) is 2.90. The first-order valence-electron chi connectivity index (χ1n) is 7.16. The molecule has 0 N–H and O–H groups in total. The van der Waals surface area contributed by atoms with Gasteiger partial charge in [0, 0.05) is 6.20 Å². The van der Waals surface area contributed by atoms with Crippen molar-refractivity contribution < 1.29 is 4.39 Å². The SMILES string of the molecule is Cc1nc2nc(C)c3c(=O)n(-c4ccc(F)c(Cl)c4)ccc3n2n1. The van der Waals surface area contributed by atoms with Crippen molar-refractivity contribution in [3.05, 3.63) is 63.2 Å². The summed E-state index contributed by atoms with van der Waals surface area (Å²) in [5.41, 5.74) is 1.36. The lowest BCUT2D eigenvalue weighted by atomic mass is 10.2. The number of pyridine rings is 1. The first-order valence-corrected chi connectivity index (χ1v) is 7.54. The molecule has 0 saturated heterocycles. The Hall–Kier alpha value is -2.80. The monoisotopic (exact) mass is 343 g/mol. The molecular formula is C16H11ClFN5O. The zero-order chi connectivity index (χ0) is 17.0. The molecule has 4 aromatic rings. The molecule has 24 heavy (non-hydrogen) atoms. The molecule has 4 rings (SSSR count). The number of halogens is 2. The number of hydrogen-bond donors (Lipinski definition) is 0. The Labute approximate surface area is 140 Å². The van der Waals surface area contributed by atoms with Crippen LogP contribution in [0.1, 0.15) is 11.5 Å². The van der Waals surface area contributed by atoms with Gasteiger partial charge in [-0.2, -0.15) is 9.50 Å². The van der Waals surface area contributed by atoms with Crippen molar-refractivity contribution in [2.45, 2.75) is 13.8 Å². The molecule has 0 spiro atoms. The minimum absolute atomic E-state index is 0.0447. The summed E-state index contributed by atoms with van der Waals surface area (Å²) < 4.78 is 16.3. The summed E-state index contributed by atoms with van der Waals surface area (Å²) in [6, 6.07) is 5.88. The molecule has 0 unspecified atom stereocenters. The van der Waals surface area contributed by atoms with Crippen LogP contribution in [0, 0.1) is 19.7 Å². The number of hydrogen-bond acceptors (Lipinski definition) is 4. The largest absolute Gasteiger partial charge is 0.284 e. The maximum atomic E-state index is 13.4. The van der Waals surface area contributed by atoms with Gasteiger partial charge in [0.2, 0.25) is 0 Å². The summed E-state index contributed by atoms with van der Waals surface area (Å²) in [4.78, 5) is 21.5. The molecule has 0 saturated carbocycles. The molecule has 0 fully saturated rings. The lowest BCUT2D eigenvalue weighted by molar-refractivity contribution is 0.627. The van der Waals surface area contributed by atoms with Gasteiger partial charge >= 0.3 is 0 Å². The first-order chi connectivity index (χ1) is 11.5. The number of benzene rings is 1. The second-order valence-electron chi connectivity index (χ2n) is 5.42. The van der Waals surface area contributed by atoms with Gasteiger partial charge in [-0.3, -0.25) is 9.36 Å². The minimum Gasteiger partial charge on any atom is -0.284 e. The van der Waals surface area contributed by atoms with Crippen molar-refractivity contribution in [3.8, 4) is 5.69 Å². The second-order valence-corrected chi connectivity index (χ2v) is 5.82. The van der Waals surface area contributed by atoms with E-state index < -0.39 is 5.82 Å². The molecule has 3 heterocycles. The van der Waals surface area contributed by atoms with Crippen molar-refractivity contribution in [2.75, 3.05) is 0 Å². The molecule has 6 nitrogen and oxygen atoms in total. The predicted octanol–water partition coefficient (Wildman–Crippen LogP) is 2.84. The van der Waals surface area contributed by atoms with Gasteiger partial charge in [-0.15, -0.1) is 5.10 Å². The van der Waals surface area contributed by atoms with Crippen molar-refractivity contribution in [1.82, 2.24) is 24.1 Å². The Morgan fingerprint density at radius 2 is 1.96 bits per heavy atom. The zero-order valence-corrected chi connectivity index (χ0v) is 13.5. The molecule has 0 amide bonds. The van der Waals surface area contributed by atoms with Crippen molar-refractivity contribution in [2.24, 2.45) is 0 Å². The fraction of sp³-hybridized carbons (Fsp3) is 0.125. The number of fused-ring (bicyclic) bond motifs is 3. The van der Waals surface area contributed by atoms with Gasteiger partial charge in [-0.05, 0) is 38.1 Å². The average molecular weight is 344 g/mol. The van der Waals surface area contributed by atoms with Gasteiger partial charge in [0.1, 0.15) is 11.6 Å². The highest BCUT2D eigenvalue weighted by Crippen LogP contribution is 2.20. The van der Waals surface area contributed by atoms with Crippen LogP contribution in [0.3, 0.4) is 0 Å². The van der Waals surface area contributed by atoms with Crippen LogP contribution < -0.4 is 5.56 Å². The van der Waals surface area contributed by atoms with E-state index in [4.69, 9.17) is 11.6 Å². The molecule has 0 aliphatic rings. The molecule has 0 aliphatic heterocycles. The van der Waals surface area contributed by atoms with E-state index in [1.54, 1.807) is 30.6 Å². The van der Waals surface area contributed by atoms with Crippen LogP contribution in [0.5, 0.6) is 0 Å². The zero-order valence-electron chi connectivity index (χ0n) is 12.8. The molecule has 0 bridgehead atoms. The van der Waals surface area contributed by atoms with Gasteiger partial charge in [-0.25, -0.2) is 9.37 Å². The minimum atomic E-state index is -0.535. The predicted molar refractivity (Wildman–Crippen MR) is 88.3 cm³/mol. The smallest absolute Gasteiger partial charge is 0.266 e. The first kappa shape index (κ1) is 14.8. The topological polar surface area (TPSA) is 65.1 Å². The molecule has 3 aromatic heterocycles. The third kappa shape index (κ3) is 2.09. The van der Waals surface area contributed by atoms with Crippen molar-refractivity contribution in [3.63, 3.8) is 0 Å². The Bertz CT molecular complexity index is 1180. The second kappa shape index (κ2) is 5.10. The normalized spacial score (nSPS) is 11.5. The molecule has 8 heteroatoms. The van der Waals surface area contributed by atoms with Gasteiger partial charge < -0.3 is 0 Å². The van der Waals surface area contributed by atoms with E-state index in [2.05, 4.69) is 15.1 Å². The van der Waals surface area contributed by atoms with Crippen LogP contribution in [0.15, 0.2) is 35.3 Å². The number of rotatable bonds is 1. The standard InChI is InChI=1S/C16H11ClFN5O/c1-8-14-13(23-16(19-8)20-9(2)21-23)5-6-22(15(14)24)10-3-4-12(18)11(17)7-10/h3-7H,1-2H3. The maximum Gasteiger partial charge on any atom is 0.266 e. The summed E-state index contributed by atoms with van der Waals surface area (Å²) in [7, 11) is 0. The van der Waals surface area contributed by atoms with E-state index in [1.807, 2.05) is 0 Å². The molecule has 0 aliphatic carbocycles. The highest BCUT2D eigenvalue weighted by Gasteiger charge is 2.14. The van der Waals surface area contributed by atoms with E-state index in [0.717, 1.165) is 0 Å². The fourth-order valence-corrected chi connectivity index (χ4v) is 2.90. The van der Waals surface area contributed by atoms with Crippen LogP contribution in [-0.4, -0.2) is 24.1 Å². The lowest BCUT2D eigenvalue weighted by Crippen LogP contribution is -2.20. The van der Waals surface area contributed by atoms with Crippen LogP contribution >= 0.6 is 11.6 Å². The Morgan fingerprint density at radius 3 is 2.71 bits per heavy atom. The summed E-state index contributed by atoms with van der Waals surface area (Å²) in [6.45, 7) is 3.51. The summed E-state index contributed by atoms with van der Waals surface area (Å²) in [5.74, 6) is 0.482.